The summed E-state index contributed by atoms with van der Waals surface area (Å²) in [5, 5.41) is 2.45. The molecule has 0 aliphatic carbocycles. The summed E-state index contributed by atoms with van der Waals surface area (Å²) in [6, 6.07) is 14.5. The van der Waals surface area contributed by atoms with Crippen LogP contribution in [-0.2, 0) is 6.54 Å². The van der Waals surface area contributed by atoms with Crippen molar-refractivity contribution in [2.45, 2.75) is 6.54 Å². The van der Waals surface area contributed by atoms with Crippen LogP contribution in [0.4, 0.5) is 4.79 Å². The Kier molecular flexibility index (Phi) is 5.30. The predicted octanol–water partition coefficient (Wildman–Crippen LogP) is 0.930. The number of nitrogens with one attached hydrogen (secondary N) is 3. The van der Waals surface area contributed by atoms with E-state index in [-0.39, 0.29) is 6.54 Å². The maximum absolute atomic E-state index is 11.9. The van der Waals surface area contributed by atoms with Crippen LogP contribution in [0.2, 0.25) is 0 Å². The van der Waals surface area contributed by atoms with Crippen LogP contribution in [0.25, 0.3) is 0 Å². The monoisotopic (exact) mass is 312 g/mol. The van der Waals surface area contributed by atoms with E-state index < -0.39 is 17.8 Å². The van der Waals surface area contributed by atoms with Gasteiger partial charge in [-0.25, -0.2) is 4.79 Å². The summed E-state index contributed by atoms with van der Waals surface area (Å²) in [7, 11) is 0. The first-order valence-electron chi connectivity index (χ1n) is 6.84. The van der Waals surface area contributed by atoms with Crippen molar-refractivity contribution in [3.63, 3.8) is 0 Å². The summed E-state index contributed by atoms with van der Waals surface area (Å²) in [5.41, 5.74) is 11.3. The first kappa shape index (κ1) is 16.0. The highest BCUT2D eigenvalue weighted by Gasteiger charge is 2.08. The number of primary amides is 1. The Labute approximate surface area is 132 Å². The van der Waals surface area contributed by atoms with Gasteiger partial charge in [0.1, 0.15) is 0 Å². The highest BCUT2D eigenvalue weighted by molar-refractivity contribution is 5.99. The van der Waals surface area contributed by atoms with Gasteiger partial charge in [0.2, 0.25) is 0 Å². The fourth-order valence-electron chi connectivity index (χ4n) is 1.81. The van der Waals surface area contributed by atoms with Crippen molar-refractivity contribution in [3.8, 4) is 0 Å². The molecule has 0 aliphatic rings. The van der Waals surface area contributed by atoms with Crippen LogP contribution >= 0.6 is 0 Å². The van der Waals surface area contributed by atoms with Crippen molar-refractivity contribution in [2.24, 2.45) is 5.73 Å². The second kappa shape index (κ2) is 7.60. The second-order valence-electron chi connectivity index (χ2n) is 4.69. The molecule has 0 atom stereocenters. The molecule has 0 aromatic heterocycles. The molecule has 7 nitrogen and oxygen atoms in total. The van der Waals surface area contributed by atoms with Gasteiger partial charge in [0, 0.05) is 17.7 Å². The Balaban J connectivity index is 1.88. The fourth-order valence-corrected chi connectivity index (χ4v) is 1.81. The third kappa shape index (κ3) is 4.85. The molecule has 4 amide bonds. The molecule has 2 rings (SSSR count). The molecule has 2 aromatic rings. The maximum atomic E-state index is 11.9. The number of hydrazine groups is 1. The van der Waals surface area contributed by atoms with Crippen LogP contribution in [0, 0.1) is 0 Å². The van der Waals surface area contributed by atoms with E-state index in [1.54, 1.807) is 54.6 Å². The summed E-state index contributed by atoms with van der Waals surface area (Å²) < 4.78 is 0. The topological polar surface area (TPSA) is 113 Å². The molecule has 0 spiro atoms. The molecule has 5 N–H and O–H groups in total. The molecule has 2 aromatic carbocycles. The molecular formula is C16H16N4O3. The van der Waals surface area contributed by atoms with Crippen molar-refractivity contribution < 1.29 is 14.4 Å². The summed E-state index contributed by atoms with van der Waals surface area (Å²) in [6.07, 6.45) is 0. The van der Waals surface area contributed by atoms with Gasteiger partial charge in [0.25, 0.3) is 11.8 Å². The largest absolute Gasteiger partial charge is 0.352 e. The SMILES string of the molecule is NC(=O)NCc1ccc(C(=O)NNC(=O)c2ccccc2)cc1. The molecule has 23 heavy (non-hydrogen) atoms. The number of carbonyl (C=O) groups is 3. The zero-order valence-corrected chi connectivity index (χ0v) is 12.2. The van der Waals surface area contributed by atoms with Crippen molar-refractivity contribution in [1.82, 2.24) is 16.2 Å². The van der Waals surface area contributed by atoms with Gasteiger partial charge in [-0.15, -0.1) is 0 Å². The van der Waals surface area contributed by atoms with E-state index in [9.17, 15) is 14.4 Å². The predicted molar refractivity (Wildman–Crippen MR) is 84.2 cm³/mol. The van der Waals surface area contributed by atoms with Gasteiger partial charge in [0.15, 0.2) is 0 Å². The molecule has 0 aliphatic heterocycles. The Morgan fingerprint density at radius 1 is 0.783 bits per heavy atom. The van der Waals surface area contributed by atoms with Gasteiger partial charge in [-0.05, 0) is 29.8 Å². The standard InChI is InChI=1S/C16H16N4O3/c17-16(23)18-10-11-6-8-13(9-7-11)15(22)20-19-14(21)12-4-2-1-3-5-12/h1-9H,10H2,(H,19,21)(H,20,22)(H3,17,18,23). The van der Waals surface area contributed by atoms with Crippen molar-refractivity contribution in [1.29, 1.82) is 0 Å². The lowest BCUT2D eigenvalue weighted by Crippen LogP contribution is -2.41. The van der Waals surface area contributed by atoms with Gasteiger partial charge in [-0.1, -0.05) is 30.3 Å². The number of rotatable bonds is 4. The van der Waals surface area contributed by atoms with E-state index in [4.69, 9.17) is 5.73 Å². The van der Waals surface area contributed by atoms with E-state index in [0.29, 0.717) is 11.1 Å². The van der Waals surface area contributed by atoms with Crippen molar-refractivity contribution in [3.05, 3.63) is 71.3 Å². The van der Waals surface area contributed by atoms with Crippen LogP contribution in [0.5, 0.6) is 0 Å². The maximum Gasteiger partial charge on any atom is 0.312 e. The Bertz CT molecular complexity index is 699. The third-order valence-electron chi connectivity index (χ3n) is 3.01. The lowest BCUT2D eigenvalue weighted by Gasteiger charge is -2.08. The molecule has 0 unspecified atom stereocenters. The van der Waals surface area contributed by atoms with E-state index in [1.165, 1.54) is 0 Å². The Morgan fingerprint density at radius 3 is 1.83 bits per heavy atom. The highest BCUT2D eigenvalue weighted by atomic mass is 16.2. The van der Waals surface area contributed by atoms with Crippen LogP contribution in [0.1, 0.15) is 26.3 Å². The Hall–Kier alpha value is -3.35. The highest BCUT2D eigenvalue weighted by Crippen LogP contribution is 2.04. The number of hydrogen-bond donors (Lipinski definition) is 4. The van der Waals surface area contributed by atoms with Gasteiger partial charge < -0.3 is 11.1 Å². The minimum absolute atomic E-state index is 0.280. The minimum Gasteiger partial charge on any atom is -0.352 e. The van der Waals surface area contributed by atoms with Crippen molar-refractivity contribution >= 4 is 17.8 Å². The van der Waals surface area contributed by atoms with E-state index in [2.05, 4.69) is 16.2 Å². The lowest BCUT2D eigenvalue weighted by atomic mass is 10.1. The molecule has 0 radical (unpaired) electrons. The molecule has 0 saturated carbocycles. The number of carbonyl (C=O) groups excluding carboxylic acids is 3. The Morgan fingerprint density at radius 2 is 1.30 bits per heavy atom. The summed E-state index contributed by atoms with van der Waals surface area (Å²) in [4.78, 5) is 34.4. The normalized spacial score (nSPS) is 9.74. The molecule has 0 fully saturated rings. The summed E-state index contributed by atoms with van der Waals surface area (Å²) in [5.74, 6) is -0.843. The molecule has 0 bridgehead atoms. The summed E-state index contributed by atoms with van der Waals surface area (Å²) in [6.45, 7) is 0.280. The van der Waals surface area contributed by atoms with Crippen LogP contribution in [-0.4, -0.2) is 17.8 Å². The quantitative estimate of drug-likeness (QED) is 0.630. The van der Waals surface area contributed by atoms with Gasteiger partial charge in [-0.2, -0.15) is 0 Å². The summed E-state index contributed by atoms with van der Waals surface area (Å²) >= 11 is 0. The fraction of sp³-hybridized carbons (Fsp3) is 0.0625. The first-order chi connectivity index (χ1) is 11.1. The molecule has 118 valence electrons. The molecule has 0 saturated heterocycles. The zero-order chi connectivity index (χ0) is 16.7. The van der Waals surface area contributed by atoms with Crippen LogP contribution < -0.4 is 21.9 Å². The molecule has 7 heteroatoms. The molecular weight excluding hydrogens is 296 g/mol. The van der Waals surface area contributed by atoms with Gasteiger partial charge in [0.05, 0.1) is 0 Å². The van der Waals surface area contributed by atoms with Gasteiger partial charge >= 0.3 is 6.03 Å². The second-order valence-corrected chi connectivity index (χ2v) is 4.69. The zero-order valence-electron chi connectivity index (χ0n) is 12.2. The van der Waals surface area contributed by atoms with Crippen LogP contribution in [0.3, 0.4) is 0 Å². The number of benzene rings is 2. The number of hydrogen-bond acceptors (Lipinski definition) is 3. The number of urea groups is 1. The smallest absolute Gasteiger partial charge is 0.312 e. The number of nitrogens with two attached hydrogens (primary N) is 1. The minimum atomic E-state index is -0.615. The average molecular weight is 312 g/mol. The first-order valence-corrected chi connectivity index (χ1v) is 6.84. The van der Waals surface area contributed by atoms with E-state index in [0.717, 1.165) is 5.56 Å². The van der Waals surface area contributed by atoms with Crippen molar-refractivity contribution in [2.75, 3.05) is 0 Å². The molecule has 0 heterocycles. The van der Waals surface area contributed by atoms with E-state index in [1.807, 2.05) is 0 Å². The van der Waals surface area contributed by atoms with E-state index >= 15 is 0 Å². The number of amides is 4. The average Bonchev–Trinajstić information content (AvgIpc) is 2.58. The van der Waals surface area contributed by atoms with Gasteiger partial charge in [-0.3, -0.25) is 20.4 Å². The van der Waals surface area contributed by atoms with Crippen LogP contribution in [0.15, 0.2) is 54.6 Å². The third-order valence-corrected chi connectivity index (χ3v) is 3.01. The lowest BCUT2D eigenvalue weighted by molar-refractivity contribution is 0.0846.